The summed E-state index contributed by atoms with van der Waals surface area (Å²) in [4.78, 5) is 12.4. The summed E-state index contributed by atoms with van der Waals surface area (Å²) in [5.74, 6) is 0.163. The molecule has 26 heavy (non-hydrogen) atoms. The molecule has 2 aromatic heterocycles. The Labute approximate surface area is 154 Å². The summed E-state index contributed by atoms with van der Waals surface area (Å²) in [5, 5.41) is 15.3. The molecule has 1 fully saturated rings. The smallest absolute Gasteiger partial charge is 0.220 e. The monoisotopic (exact) mass is 355 g/mol. The number of carbonyl (C=O) groups excluding carboxylic acids is 1. The van der Waals surface area contributed by atoms with E-state index in [1.807, 2.05) is 6.20 Å². The van der Waals surface area contributed by atoms with Crippen molar-refractivity contribution in [1.82, 2.24) is 25.3 Å². The normalized spacial score (nSPS) is 22.8. The third-order valence-corrected chi connectivity index (χ3v) is 5.90. The van der Waals surface area contributed by atoms with E-state index < -0.39 is 0 Å². The van der Waals surface area contributed by atoms with Crippen molar-refractivity contribution >= 4 is 5.91 Å². The Morgan fingerprint density at radius 3 is 2.85 bits per heavy atom. The Morgan fingerprint density at radius 2 is 2.08 bits per heavy atom. The van der Waals surface area contributed by atoms with E-state index in [4.69, 9.17) is 0 Å². The molecule has 0 unspecified atom stereocenters. The van der Waals surface area contributed by atoms with E-state index in [1.54, 1.807) is 0 Å². The Kier molecular flexibility index (Phi) is 5.09. The second-order valence-electron chi connectivity index (χ2n) is 7.91. The maximum Gasteiger partial charge on any atom is 0.220 e. The molecule has 2 aliphatic carbocycles. The Bertz CT molecular complexity index is 754. The first-order valence-electron chi connectivity index (χ1n) is 10.0. The molecule has 6 nitrogen and oxygen atoms in total. The van der Waals surface area contributed by atoms with Crippen LogP contribution >= 0.6 is 0 Å². The lowest BCUT2D eigenvalue weighted by atomic mass is 9.91. The highest BCUT2D eigenvalue weighted by Gasteiger charge is 2.24. The fourth-order valence-corrected chi connectivity index (χ4v) is 4.41. The highest BCUT2D eigenvalue weighted by Crippen LogP contribution is 2.28. The fourth-order valence-electron chi connectivity index (χ4n) is 4.41. The van der Waals surface area contributed by atoms with Gasteiger partial charge < -0.3 is 5.32 Å². The molecule has 1 amide bonds. The minimum atomic E-state index is 0.163. The molecule has 2 N–H and O–H groups in total. The summed E-state index contributed by atoms with van der Waals surface area (Å²) in [7, 11) is 0. The van der Waals surface area contributed by atoms with Crippen molar-refractivity contribution in [2.75, 3.05) is 0 Å². The Balaban J connectivity index is 1.22. The van der Waals surface area contributed by atoms with Crippen molar-refractivity contribution in [3.05, 3.63) is 34.9 Å². The van der Waals surface area contributed by atoms with E-state index in [0.717, 1.165) is 50.6 Å². The molecule has 0 radical (unpaired) electrons. The van der Waals surface area contributed by atoms with Gasteiger partial charge in [0.05, 0.1) is 17.9 Å². The van der Waals surface area contributed by atoms with Crippen molar-refractivity contribution in [2.45, 2.75) is 83.2 Å². The van der Waals surface area contributed by atoms with Crippen molar-refractivity contribution in [1.29, 1.82) is 0 Å². The zero-order chi connectivity index (χ0) is 17.9. The molecule has 2 aromatic rings. The topological polar surface area (TPSA) is 75.6 Å². The number of aryl methyl sites for hydroxylation is 3. The molecular weight excluding hydrogens is 326 g/mol. The molecule has 140 valence electrons. The van der Waals surface area contributed by atoms with Crippen molar-refractivity contribution in [3.63, 3.8) is 0 Å². The number of amides is 1. The van der Waals surface area contributed by atoms with Gasteiger partial charge >= 0.3 is 0 Å². The van der Waals surface area contributed by atoms with Crippen LogP contribution in [0.5, 0.6) is 0 Å². The largest absolute Gasteiger partial charge is 0.353 e. The van der Waals surface area contributed by atoms with Crippen LogP contribution in [-0.2, 0) is 24.1 Å². The van der Waals surface area contributed by atoms with Gasteiger partial charge in [-0.25, -0.2) is 0 Å². The maximum atomic E-state index is 12.4. The number of nitrogens with one attached hydrogen (secondary N) is 2. The summed E-state index contributed by atoms with van der Waals surface area (Å²) in [6.45, 7) is 2.08. The van der Waals surface area contributed by atoms with Crippen LogP contribution in [0.1, 0.15) is 73.5 Å². The summed E-state index contributed by atoms with van der Waals surface area (Å²) in [5.41, 5.74) is 4.98. The van der Waals surface area contributed by atoms with Gasteiger partial charge in [-0.2, -0.15) is 10.2 Å². The lowest BCUT2D eigenvalue weighted by molar-refractivity contribution is -0.122. The molecular formula is C20H29N5O. The quantitative estimate of drug-likeness (QED) is 0.865. The summed E-state index contributed by atoms with van der Waals surface area (Å²) in [6.07, 6.45) is 14.3. The number of carbonyl (C=O) groups is 1. The van der Waals surface area contributed by atoms with E-state index in [0.29, 0.717) is 18.5 Å². The Morgan fingerprint density at radius 1 is 1.27 bits per heavy atom. The maximum absolute atomic E-state index is 12.4. The summed E-state index contributed by atoms with van der Waals surface area (Å²) >= 11 is 0. The standard InChI is InChI=1S/C20H29N5O/c1-14-12-21-25(13-14)16-8-6-15(7-9-16)22-20(26)11-10-19-17-4-2-3-5-18(17)23-24-19/h12-13,15-16H,2-11H2,1H3,(H,22,26)(H,23,24). The van der Waals surface area contributed by atoms with Gasteiger partial charge in [-0.15, -0.1) is 0 Å². The minimum absolute atomic E-state index is 0.163. The summed E-state index contributed by atoms with van der Waals surface area (Å²) < 4.78 is 2.09. The van der Waals surface area contributed by atoms with E-state index >= 15 is 0 Å². The van der Waals surface area contributed by atoms with E-state index in [1.165, 1.54) is 29.7 Å². The molecule has 0 saturated heterocycles. The molecule has 0 aliphatic heterocycles. The van der Waals surface area contributed by atoms with Gasteiger partial charge in [-0.1, -0.05) is 0 Å². The number of nitrogens with zero attached hydrogens (tertiary/aromatic N) is 3. The van der Waals surface area contributed by atoms with E-state index in [9.17, 15) is 4.79 Å². The van der Waals surface area contributed by atoms with Crippen LogP contribution < -0.4 is 5.32 Å². The predicted molar refractivity (Wildman–Crippen MR) is 100.0 cm³/mol. The number of hydrogen-bond acceptors (Lipinski definition) is 3. The van der Waals surface area contributed by atoms with Crippen LogP contribution in [0.4, 0.5) is 0 Å². The fraction of sp³-hybridized carbons (Fsp3) is 0.650. The first kappa shape index (κ1) is 17.3. The van der Waals surface area contributed by atoms with Crippen LogP contribution in [0.2, 0.25) is 0 Å². The Hall–Kier alpha value is -2.11. The number of fused-ring (bicyclic) bond motifs is 1. The van der Waals surface area contributed by atoms with Crippen molar-refractivity contribution in [3.8, 4) is 0 Å². The van der Waals surface area contributed by atoms with Crippen LogP contribution in [0.15, 0.2) is 12.4 Å². The summed E-state index contributed by atoms with van der Waals surface area (Å²) in [6, 6.07) is 0.788. The van der Waals surface area contributed by atoms with Crippen LogP contribution in [0, 0.1) is 6.92 Å². The average Bonchev–Trinajstić information content (AvgIpc) is 3.27. The van der Waals surface area contributed by atoms with Gasteiger partial charge in [0.2, 0.25) is 5.91 Å². The van der Waals surface area contributed by atoms with Crippen LogP contribution in [0.25, 0.3) is 0 Å². The molecule has 2 heterocycles. The molecule has 0 aromatic carbocycles. The highest BCUT2D eigenvalue weighted by atomic mass is 16.1. The van der Waals surface area contributed by atoms with Gasteiger partial charge in [-0.3, -0.25) is 14.6 Å². The third kappa shape index (κ3) is 3.84. The van der Waals surface area contributed by atoms with Crippen LogP contribution in [-0.4, -0.2) is 31.9 Å². The number of rotatable bonds is 5. The predicted octanol–water partition coefficient (Wildman–Crippen LogP) is 3.03. The first-order chi connectivity index (χ1) is 12.7. The van der Waals surface area contributed by atoms with Crippen LogP contribution in [0.3, 0.4) is 0 Å². The van der Waals surface area contributed by atoms with Gasteiger partial charge in [0.15, 0.2) is 0 Å². The van der Waals surface area contributed by atoms with Crippen molar-refractivity contribution in [2.24, 2.45) is 0 Å². The first-order valence-corrected chi connectivity index (χ1v) is 10.0. The van der Waals surface area contributed by atoms with E-state index in [2.05, 4.69) is 38.4 Å². The average molecular weight is 355 g/mol. The molecule has 4 rings (SSSR count). The lowest BCUT2D eigenvalue weighted by Crippen LogP contribution is -2.38. The van der Waals surface area contributed by atoms with Crippen molar-refractivity contribution < 1.29 is 4.79 Å². The SMILES string of the molecule is Cc1cnn(C2CCC(NC(=O)CCc3n[nH]c4c3CCCC4)CC2)c1. The minimum Gasteiger partial charge on any atom is -0.353 e. The molecule has 0 bridgehead atoms. The number of aromatic amines is 1. The zero-order valence-electron chi connectivity index (χ0n) is 15.6. The zero-order valence-corrected chi connectivity index (χ0v) is 15.6. The van der Waals surface area contributed by atoms with Gasteiger partial charge in [0.25, 0.3) is 0 Å². The highest BCUT2D eigenvalue weighted by molar-refractivity contribution is 5.76. The lowest BCUT2D eigenvalue weighted by Gasteiger charge is -2.29. The third-order valence-electron chi connectivity index (χ3n) is 5.90. The van der Waals surface area contributed by atoms with Gasteiger partial charge in [0.1, 0.15) is 0 Å². The van der Waals surface area contributed by atoms with Gasteiger partial charge in [0, 0.05) is 30.8 Å². The second kappa shape index (κ2) is 7.64. The molecule has 1 saturated carbocycles. The van der Waals surface area contributed by atoms with E-state index in [-0.39, 0.29) is 5.91 Å². The molecule has 0 spiro atoms. The molecule has 0 atom stereocenters. The number of H-pyrrole nitrogens is 1. The second-order valence-corrected chi connectivity index (χ2v) is 7.91. The number of hydrogen-bond donors (Lipinski definition) is 2. The number of aromatic nitrogens is 4. The molecule has 2 aliphatic rings. The van der Waals surface area contributed by atoms with Gasteiger partial charge in [-0.05, 0) is 69.4 Å². The molecule has 6 heteroatoms.